The van der Waals surface area contributed by atoms with E-state index < -0.39 is 0 Å². The fraction of sp³-hybridized carbons (Fsp3) is 0.400. The Balaban J connectivity index is 1.97. The molecule has 3 rings (SSSR count). The van der Waals surface area contributed by atoms with E-state index in [-0.39, 0.29) is 23.9 Å². The molecule has 106 valence electrons. The SMILES string of the molecule is C[C@@H]1C(=NO)[C@H](C)[C@H](c2ccco2)N[C@H]1c1ccco1. The van der Waals surface area contributed by atoms with Crippen molar-refractivity contribution in [3.05, 3.63) is 48.3 Å². The van der Waals surface area contributed by atoms with Gasteiger partial charge in [0.1, 0.15) is 11.5 Å². The summed E-state index contributed by atoms with van der Waals surface area (Å²) in [5.41, 5.74) is 0.756. The minimum Gasteiger partial charge on any atom is -0.468 e. The van der Waals surface area contributed by atoms with Crippen LogP contribution in [-0.2, 0) is 0 Å². The molecule has 2 N–H and O–H groups in total. The minimum atomic E-state index is -0.0396. The lowest BCUT2D eigenvalue weighted by Gasteiger charge is -2.38. The maximum atomic E-state index is 9.36. The van der Waals surface area contributed by atoms with E-state index in [0.717, 1.165) is 17.2 Å². The van der Waals surface area contributed by atoms with E-state index in [2.05, 4.69) is 10.5 Å². The van der Waals surface area contributed by atoms with Gasteiger partial charge >= 0.3 is 0 Å². The van der Waals surface area contributed by atoms with Crippen molar-refractivity contribution in [2.45, 2.75) is 25.9 Å². The lowest BCUT2D eigenvalue weighted by Crippen LogP contribution is -2.46. The van der Waals surface area contributed by atoms with E-state index in [1.165, 1.54) is 0 Å². The van der Waals surface area contributed by atoms with Gasteiger partial charge in [0.25, 0.3) is 0 Å². The zero-order chi connectivity index (χ0) is 14.1. The molecular formula is C15H18N2O3. The molecule has 0 aromatic carbocycles. The molecule has 2 aromatic rings. The topological polar surface area (TPSA) is 70.9 Å². The Bertz CT molecular complexity index is 526. The van der Waals surface area contributed by atoms with Gasteiger partial charge in [-0.2, -0.15) is 0 Å². The van der Waals surface area contributed by atoms with Crippen LogP contribution in [-0.4, -0.2) is 10.9 Å². The third-order valence-electron chi connectivity index (χ3n) is 4.11. The quantitative estimate of drug-likeness (QED) is 0.650. The monoisotopic (exact) mass is 274 g/mol. The van der Waals surface area contributed by atoms with Crippen LogP contribution >= 0.6 is 0 Å². The smallest absolute Gasteiger partial charge is 0.121 e. The van der Waals surface area contributed by atoms with E-state index in [9.17, 15) is 5.21 Å². The molecule has 0 spiro atoms. The summed E-state index contributed by atoms with van der Waals surface area (Å²) >= 11 is 0. The minimum absolute atomic E-state index is 0.0396. The summed E-state index contributed by atoms with van der Waals surface area (Å²) in [5.74, 6) is 1.77. The first kappa shape index (κ1) is 13.0. The number of nitrogens with zero attached hydrogens (tertiary/aromatic N) is 1. The van der Waals surface area contributed by atoms with E-state index in [1.54, 1.807) is 12.5 Å². The van der Waals surface area contributed by atoms with Crippen molar-refractivity contribution in [2.75, 3.05) is 0 Å². The predicted molar refractivity (Wildman–Crippen MR) is 73.6 cm³/mol. The maximum Gasteiger partial charge on any atom is 0.121 e. The van der Waals surface area contributed by atoms with Gasteiger partial charge in [0.05, 0.1) is 30.3 Å². The molecule has 0 aliphatic carbocycles. The number of oxime groups is 1. The highest BCUT2D eigenvalue weighted by Crippen LogP contribution is 2.38. The molecule has 4 atom stereocenters. The lowest BCUT2D eigenvalue weighted by atomic mass is 9.78. The first-order valence-corrected chi connectivity index (χ1v) is 6.77. The largest absolute Gasteiger partial charge is 0.468 e. The molecule has 2 aromatic heterocycles. The second-order valence-electron chi connectivity index (χ2n) is 5.26. The summed E-state index contributed by atoms with van der Waals surface area (Å²) < 4.78 is 11.0. The molecule has 20 heavy (non-hydrogen) atoms. The molecule has 5 nitrogen and oxygen atoms in total. The zero-order valence-corrected chi connectivity index (χ0v) is 11.5. The van der Waals surface area contributed by atoms with Crippen LogP contribution in [0, 0.1) is 11.8 Å². The van der Waals surface area contributed by atoms with Crippen LogP contribution in [0.3, 0.4) is 0 Å². The molecule has 1 fully saturated rings. The van der Waals surface area contributed by atoms with Crippen LogP contribution in [0.5, 0.6) is 0 Å². The van der Waals surface area contributed by atoms with Crippen LogP contribution in [0.1, 0.15) is 37.5 Å². The summed E-state index contributed by atoms with van der Waals surface area (Å²) in [4.78, 5) is 0. The standard InChI is InChI=1S/C15H18N2O3/c1-9-13(17-18)10(2)15(12-6-4-8-20-12)16-14(9)11-5-3-7-19-11/h3-10,14-16,18H,1-2H3/t9-,10+,14-,15-/m1/s1. The van der Waals surface area contributed by atoms with Crippen molar-refractivity contribution >= 4 is 5.71 Å². The molecule has 0 amide bonds. The number of piperidine rings is 1. The molecule has 0 radical (unpaired) electrons. The first-order valence-electron chi connectivity index (χ1n) is 6.77. The van der Waals surface area contributed by atoms with Gasteiger partial charge < -0.3 is 14.0 Å². The van der Waals surface area contributed by atoms with Gasteiger partial charge in [-0.1, -0.05) is 19.0 Å². The number of rotatable bonds is 2. The van der Waals surface area contributed by atoms with Crippen molar-refractivity contribution in [2.24, 2.45) is 17.0 Å². The Labute approximate surface area is 117 Å². The Morgan fingerprint density at radius 3 is 1.85 bits per heavy atom. The Kier molecular flexibility index (Phi) is 3.36. The van der Waals surface area contributed by atoms with Crippen molar-refractivity contribution in [1.82, 2.24) is 5.32 Å². The molecule has 0 saturated carbocycles. The molecule has 0 bridgehead atoms. The maximum absolute atomic E-state index is 9.36. The number of furan rings is 2. The molecule has 1 aliphatic heterocycles. The van der Waals surface area contributed by atoms with Crippen LogP contribution in [0.25, 0.3) is 0 Å². The molecular weight excluding hydrogens is 256 g/mol. The highest BCUT2D eigenvalue weighted by Gasteiger charge is 2.41. The summed E-state index contributed by atoms with van der Waals surface area (Å²) in [6.45, 7) is 4.06. The van der Waals surface area contributed by atoms with Gasteiger partial charge in [0, 0.05) is 11.8 Å². The highest BCUT2D eigenvalue weighted by atomic mass is 16.4. The fourth-order valence-corrected chi connectivity index (χ4v) is 3.01. The van der Waals surface area contributed by atoms with Crippen molar-refractivity contribution in [1.29, 1.82) is 0 Å². The average Bonchev–Trinajstić information content (AvgIpc) is 3.12. The summed E-state index contributed by atoms with van der Waals surface area (Å²) in [6, 6.07) is 7.50. The third-order valence-corrected chi connectivity index (χ3v) is 4.11. The van der Waals surface area contributed by atoms with Crippen molar-refractivity contribution in [3.8, 4) is 0 Å². The second kappa shape index (κ2) is 5.17. The summed E-state index contributed by atoms with van der Waals surface area (Å²) in [5, 5.41) is 16.4. The third kappa shape index (κ3) is 2.04. The van der Waals surface area contributed by atoms with Crippen molar-refractivity contribution in [3.63, 3.8) is 0 Å². The van der Waals surface area contributed by atoms with Crippen molar-refractivity contribution < 1.29 is 14.0 Å². The van der Waals surface area contributed by atoms with Gasteiger partial charge in [-0.05, 0) is 24.3 Å². The first-order chi connectivity index (χ1) is 9.72. The van der Waals surface area contributed by atoms with Crippen LogP contribution in [0.2, 0.25) is 0 Å². The zero-order valence-electron chi connectivity index (χ0n) is 11.5. The Morgan fingerprint density at radius 2 is 1.50 bits per heavy atom. The van der Waals surface area contributed by atoms with E-state index in [0.29, 0.717) is 0 Å². The number of hydrogen-bond donors (Lipinski definition) is 2. The Morgan fingerprint density at radius 1 is 1.00 bits per heavy atom. The molecule has 5 heteroatoms. The number of hydrogen-bond acceptors (Lipinski definition) is 5. The van der Waals surface area contributed by atoms with Gasteiger partial charge in [0.15, 0.2) is 0 Å². The fourth-order valence-electron chi connectivity index (χ4n) is 3.01. The van der Waals surface area contributed by atoms with Crippen LogP contribution < -0.4 is 5.32 Å². The van der Waals surface area contributed by atoms with Gasteiger partial charge in [-0.3, -0.25) is 5.32 Å². The summed E-state index contributed by atoms with van der Waals surface area (Å²) in [6.07, 6.45) is 3.30. The lowest BCUT2D eigenvalue weighted by molar-refractivity contribution is 0.236. The molecule has 0 unspecified atom stereocenters. The number of nitrogens with one attached hydrogen (secondary N) is 1. The second-order valence-corrected chi connectivity index (χ2v) is 5.26. The van der Waals surface area contributed by atoms with Gasteiger partial charge in [0.2, 0.25) is 0 Å². The molecule has 3 heterocycles. The van der Waals surface area contributed by atoms with E-state index in [4.69, 9.17) is 8.83 Å². The average molecular weight is 274 g/mol. The van der Waals surface area contributed by atoms with E-state index in [1.807, 2.05) is 38.1 Å². The normalized spacial score (nSPS) is 32.6. The Hall–Kier alpha value is -2.01. The predicted octanol–water partition coefficient (Wildman–Crippen LogP) is 3.36. The highest BCUT2D eigenvalue weighted by molar-refractivity contribution is 5.90. The molecule has 1 saturated heterocycles. The van der Waals surface area contributed by atoms with E-state index >= 15 is 0 Å². The molecule has 1 aliphatic rings. The van der Waals surface area contributed by atoms with Gasteiger partial charge in [-0.15, -0.1) is 0 Å². The van der Waals surface area contributed by atoms with Gasteiger partial charge in [-0.25, -0.2) is 0 Å². The van der Waals surface area contributed by atoms with Crippen LogP contribution in [0.15, 0.2) is 50.8 Å². The van der Waals surface area contributed by atoms with Crippen LogP contribution in [0.4, 0.5) is 0 Å². The summed E-state index contributed by atoms with van der Waals surface area (Å²) in [7, 11) is 0.